The van der Waals surface area contributed by atoms with Crippen LogP contribution < -0.4 is 10.0 Å². The number of nitrogens with zero attached hydrogens (tertiary/aromatic N) is 4. The lowest BCUT2D eigenvalue weighted by atomic mass is 10.1. The zero-order chi connectivity index (χ0) is 27.5. The molecule has 1 aliphatic heterocycles. The normalized spacial score (nSPS) is 14.9. The molecule has 2 amide bonds. The highest BCUT2D eigenvalue weighted by molar-refractivity contribution is 7.93. The van der Waals surface area contributed by atoms with Gasteiger partial charge in [0.25, 0.3) is 11.8 Å². The van der Waals surface area contributed by atoms with Gasteiger partial charge in [-0.25, -0.2) is 27.6 Å². The molecule has 0 atom stereocenters. The summed E-state index contributed by atoms with van der Waals surface area (Å²) in [6, 6.07) is 1.25. The molecular formula is C23H29FN6O5S2. The van der Waals surface area contributed by atoms with Gasteiger partial charge < -0.3 is 15.3 Å². The summed E-state index contributed by atoms with van der Waals surface area (Å²) in [6.45, 7) is 14.0. The van der Waals surface area contributed by atoms with E-state index in [4.69, 9.17) is 6.57 Å². The Morgan fingerprint density at radius 1 is 1.35 bits per heavy atom. The van der Waals surface area contributed by atoms with E-state index < -0.39 is 38.9 Å². The van der Waals surface area contributed by atoms with E-state index in [2.05, 4.69) is 24.9 Å². The number of nitrogens with one attached hydrogen (secondary N) is 2. The maximum atomic E-state index is 13.6. The fourth-order valence-corrected chi connectivity index (χ4v) is 4.98. The number of sulfonamides is 1. The highest BCUT2D eigenvalue weighted by Gasteiger charge is 2.31. The van der Waals surface area contributed by atoms with Crippen LogP contribution in [0.5, 0.6) is 0 Å². The van der Waals surface area contributed by atoms with Crippen LogP contribution in [0.2, 0.25) is 0 Å². The lowest BCUT2D eigenvalue weighted by Crippen LogP contribution is -2.39. The second-order valence-corrected chi connectivity index (χ2v) is 12.8. The van der Waals surface area contributed by atoms with Crippen LogP contribution in [0.3, 0.4) is 0 Å². The number of thiazole rings is 1. The van der Waals surface area contributed by atoms with E-state index >= 15 is 0 Å². The van der Waals surface area contributed by atoms with Crippen molar-refractivity contribution in [1.82, 2.24) is 20.2 Å². The highest BCUT2D eigenvalue weighted by atomic mass is 32.2. The molecular weight excluding hydrogens is 523 g/mol. The van der Waals surface area contributed by atoms with Gasteiger partial charge in [0.2, 0.25) is 15.7 Å². The SMILES string of the molecule is [C-]#[N+]c1cc(NS(=O)(=O)C(C)C)ncc1-c1sc(C(=O)NCC(C)(C)O)nc1C(=O)N1CCC(F)CC1. The fourth-order valence-electron chi connectivity index (χ4n) is 3.35. The van der Waals surface area contributed by atoms with Gasteiger partial charge >= 0.3 is 0 Å². The van der Waals surface area contributed by atoms with E-state index in [-0.39, 0.29) is 65.1 Å². The molecule has 37 heavy (non-hydrogen) atoms. The number of rotatable bonds is 8. The van der Waals surface area contributed by atoms with Gasteiger partial charge in [-0.3, -0.25) is 14.3 Å². The van der Waals surface area contributed by atoms with Crippen molar-refractivity contribution in [3.63, 3.8) is 0 Å². The van der Waals surface area contributed by atoms with Crippen molar-refractivity contribution in [2.75, 3.05) is 24.4 Å². The Bertz CT molecular complexity index is 1320. The Kier molecular flexibility index (Phi) is 8.51. The third-order valence-electron chi connectivity index (χ3n) is 5.53. The van der Waals surface area contributed by atoms with Crippen LogP contribution in [0.4, 0.5) is 15.9 Å². The minimum atomic E-state index is -3.71. The zero-order valence-corrected chi connectivity index (χ0v) is 22.5. The quantitative estimate of drug-likeness (QED) is 0.427. The van der Waals surface area contributed by atoms with Crippen molar-refractivity contribution < 1.29 is 27.5 Å². The summed E-state index contributed by atoms with van der Waals surface area (Å²) in [5, 5.41) is 11.7. The second kappa shape index (κ2) is 11.1. The van der Waals surface area contributed by atoms with Gasteiger partial charge in [0, 0.05) is 31.4 Å². The van der Waals surface area contributed by atoms with Crippen molar-refractivity contribution in [1.29, 1.82) is 0 Å². The first-order chi connectivity index (χ1) is 17.2. The summed E-state index contributed by atoms with van der Waals surface area (Å²) < 4.78 is 40.4. The van der Waals surface area contributed by atoms with Crippen LogP contribution in [-0.2, 0) is 10.0 Å². The number of hydrogen-bond acceptors (Lipinski definition) is 8. The first-order valence-electron chi connectivity index (χ1n) is 11.6. The van der Waals surface area contributed by atoms with E-state index in [0.29, 0.717) is 0 Å². The molecule has 3 heterocycles. The molecule has 1 fully saturated rings. The average molecular weight is 553 g/mol. The van der Waals surface area contributed by atoms with Crippen molar-refractivity contribution >= 4 is 44.7 Å². The minimum Gasteiger partial charge on any atom is -0.389 e. The van der Waals surface area contributed by atoms with E-state index in [9.17, 15) is 27.5 Å². The number of halogens is 1. The number of hydrogen-bond donors (Lipinski definition) is 3. The Morgan fingerprint density at radius 3 is 2.57 bits per heavy atom. The molecule has 0 aliphatic carbocycles. The molecule has 0 saturated carbocycles. The molecule has 2 aromatic heterocycles. The molecule has 200 valence electrons. The number of piperidine rings is 1. The molecule has 0 radical (unpaired) electrons. The van der Waals surface area contributed by atoms with Crippen molar-refractivity contribution in [3.05, 3.63) is 34.4 Å². The molecule has 14 heteroatoms. The number of amides is 2. The van der Waals surface area contributed by atoms with Crippen LogP contribution in [0.1, 0.15) is 60.8 Å². The van der Waals surface area contributed by atoms with Crippen LogP contribution in [0.25, 0.3) is 15.3 Å². The monoisotopic (exact) mass is 552 g/mol. The Balaban J connectivity index is 2.04. The molecule has 3 N–H and O–H groups in total. The number of carbonyl (C=O) groups is 2. The molecule has 0 aromatic carbocycles. The Labute approximate surface area is 219 Å². The third kappa shape index (κ3) is 7.00. The van der Waals surface area contributed by atoms with Gasteiger partial charge in [0.05, 0.1) is 22.3 Å². The van der Waals surface area contributed by atoms with Crippen LogP contribution >= 0.6 is 11.3 Å². The summed E-state index contributed by atoms with van der Waals surface area (Å²) >= 11 is 0.869. The highest BCUT2D eigenvalue weighted by Crippen LogP contribution is 2.38. The predicted octanol–water partition coefficient (Wildman–Crippen LogP) is 2.98. The van der Waals surface area contributed by atoms with E-state index in [1.165, 1.54) is 44.9 Å². The van der Waals surface area contributed by atoms with Crippen LogP contribution in [-0.4, -0.2) is 76.9 Å². The summed E-state index contributed by atoms with van der Waals surface area (Å²) in [5.74, 6) is -1.19. The molecule has 3 rings (SSSR count). The van der Waals surface area contributed by atoms with Gasteiger partial charge in [0.1, 0.15) is 17.7 Å². The summed E-state index contributed by atoms with van der Waals surface area (Å²) in [4.78, 5) is 39.6. The molecule has 0 spiro atoms. The number of likely N-dealkylation sites (tertiary alicyclic amines) is 1. The summed E-state index contributed by atoms with van der Waals surface area (Å²) in [7, 11) is -3.71. The topological polar surface area (TPSA) is 146 Å². The average Bonchev–Trinajstić information content (AvgIpc) is 3.27. The second-order valence-electron chi connectivity index (χ2n) is 9.55. The van der Waals surface area contributed by atoms with Crippen LogP contribution in [0.15, 0.2) is 12.3 Å². The third-order valence-corrected chi connectivity index (χ3v) is 8.35. The van der Waals surface area contributed by atoms with Gasteiger partial charge in [-0.15, -0.1) is 11.3 Å². The van der Waals surface area contributed by atoms with Gasteiger partial charge in [-0.05, 0) is 46.6 Å². The van der Waals surface area contributed by atoms with Crippen LogP contribution in [0, 0.1) is 6.57 Å². The zero-order valence-electron chi connectivity index (χ0n) is 20.9. The number of anilines is 1. The van der Waals surface area contributed by atoms with Crippen molar-refractivity contribution in [2.24, 2.45) is 0 Å². The van der Waals surface area contributed by atoms with Crippen molar-refractivity contribution in [3.8, 4) is 10.4 Å². The summed E-state index contributed by atoms with van der Waals surface area (Å²) in [6.07, 6.45) is 0.623. The fraction of sp³-hybridized carbons (Fsp3) is 0.522. The van der Waals surface area contributed by atoms with E-state index in [1.54, 1.807) is 0 Å². The summed E-state index contributed by atoms with van der Waals surface area (Å²) in [5.41, 5.74) is -1.06. The van der Waals surface area contributed by atoms with E-state index in [1.807, 2.05) is 0 Å². The Morgan fingerprint density at radius 2 is 2.00 bits per heavy atom. The predicted molar refractivity (Wildman–Crippen MR) is 138 cm³/mol. The Hall–Kier alpha value is -3.15. The number of alkyl halides is 1. The largest absolute Gasteiger partial charge is 0.389 e. The molecule has 0 unspecified atom stereocenters. The minimum absolute atomic E-state index is 0.0000668. The first-order valence-corrected chi connectivity index (χ1v) is 13.9. The lowest BCUT2D eigenvalue weighted by Gasteiger charge is -2.28. The molecule has 11 nitrogen and oxygen atoms in total. The lowest BCUT2D eigenvalue weighted by molar-refractivity contribution is 0.0660. The molecule has 1 aliphatic rings. The van der Waals surface area contributed by atoms with Gasteiger partial charge in [-0.1, -0.05) is 0 Å². The maximum absolute atomic E-state index is 13.6. The molecule has 0 bridgehead atoms. The van der Waals surface area contributed by atoms with E-state index in [0.717, 1.165) is 11.3 Å². The van der Waals surface area contributed by atoms with Gasteiger partial charge in [-0.2, -0.15) is 0 Å². The van der Waals surface area contributed by atoms with Gasteiger partial charge in [0.15, 0.2) is 5.01 Å². The number of carbonyl (C=O) groups excluding carboxylic acids is 2. The number of aliphatic hydroxyl groups is 1. The number of pyridine rings is 1. The number of aromatic nitrogens is 2. The molecule has 2 aromatic rings. The smallest absolute Gasteiger partial charge is 0.280 e. The first kappa shape index (κ1) is 28.4. The maximum Gasteiger partial charge on any atom is 0.280 e. The molecule has 1 saturated heterocycles. The standard InChI is InChI=1S/C23H29FN6O5S2/c1-13(2)37(34,35)29-17-10-16(25-5)15(11-26-17)19-18(22(32)30-8-6-14(24)7-9-30)28-21(36-19)20(31)27-12-23(3,4)33/h10-11,13-14,33H,6-9,12H2,1-4H3,(H,26,29)(H,27,31). The van der Waals surface area contributed by atoms with Crippen molar-refractivity contribution in [2.45, 2.75) is 57.6 Å².